The number of aliphatic carboxylic acids is 1. The molecule has 5 heteroatoms. The number of halogens is 1. The van der Waals surface area contributed by atoms with Crippen molar-refractivity contribution in [3.05, 3.63) is 53.1 Å². The second-order valence-corrected chi connectivity index (χ2v) is 5.29. The molecule has 1 N–H and O–H groups in total. The van der Waals surface area contributed by atoms with Gasteiger partial charge in [-0.15, -0.1) is 0 Å². The van der Waals surface area contributed by atoms with Crippen molar-refractivity contribution in [2.75, 3.05) is 0 Å². The van der Waals surface area contributed by atoms with Crippen LogP contribution in [0.25, 0.3) is 0 Å². The van der Waals surface area contributed by atoms with Crippen LogP contribution in [0.5, 0.6) is 0 Å². The van der Waals surface area contributed by atoms with Crippen LogP contribution in [0.4, 0.5) is 0 Å². The molecule has 0 radical (unpaired) electrons. The minimum atomic E-state index is -0.733. The average molecular weight is 277 g/mol. The van der Waals surface area contributed by atoms with Gasteiger partial charge in [0.05, 0.1) is 12.2 Å². The minimum Gasteiger partial charge on any atom is -0.481 e. The number of rotatable bonds is 4. The molecule has 4 nitrogen and oxygen atoms in total. The Balaban J connectivity index is 1.77. The predicted octanol–water partition coefficient (Wildman–Crippen LogP) is 2.77. The summed E-state index contributed by atoms with van der Waals surface area (Å²) in [5.41, 5.74) is 2.03. The van der Waals surface area contributed by atoms with Crippen LogP contribution in [0.2, 0.25) is 5.02 Å². The molecular formula is C14H13ClN2O2. The van der Waals surface area contributed by atoms with E-state index in [9.17, 15) is 4.79 Å². The normalized spacial score (nSPS) is 21.3. The first-order chi connectivity index (χ1) is 9.15. The van der Waals surface area contributed by atoms with Gasteiger partial charge < -0.3 is 9.67 Å². The number of hydrogen-bond acceptors (Lipinski definition) is 2. The summed E-state index contributed by atoms with van der Waals surface area (Å²) < 4.78 is 1.96. The number of carbonyl (C=O) groups is 1. The summed E-state index contributed by atoms with van der Waals surface area (Å²) >= 11 is 6.26. The Morgan fingerprint density at radius 1 is 1.53 bits per heavy atom. The number of aromatic nitrogens is 2. The Kier molecular flexibility index (Phi) is 3.03. The van der Waals surface area contributed by atoms with Crippen LogP contribution in [-0.4, -0.2) is 20.6 Å². The van der Waals surface area contributed by atoms with Gasteiger partial charge in [-0.3, -0.25) is 4.79 Å². The minimum absolute atomic E-state index is 0.0762. The molecule has 2 aromatic rings. The van der Waals surface area contributed by atoms with Crippen molar-refractivity contribution in [1.82, 2.24) is 9.55 Å². The van der Waals surface area contributed by atoms with Crippen molar-refractivity contribution in [3.63, 3.8) is 0 Å². The lowest BCUT2D eigenvalue weighted by atomic mass is 10.1. The standard InChI is InChI=1S/C14H13ClN2O2/c15-13-5-9(7-17-4-3-16-8-17)1-2-10(13)11-6-12(11)14(18)19/h1-5,8,11-12H,6-7H2,(H,18,19)/t11-,12+/m1/s1. The Labute approximate surface area is 115 Å². The van der Waals surface area contributed by atoms with E-state index in [2.05, 4.69) is 4.98 Å². The summed E-state index contributed by atoms with van der Waals surface area (Å²) in [6.07, 6.45) is 6.07. The van der Waals surface area contributed by atoms with Gasteiger partial charge in [-0.2, -0.15) is 0 Å². The van der Waals surface area contributed by atoms with E-state index in [4.69, 9.17) is 16.7 Å². The average Bonchev–Trinajstić information content (AvgIpc) is 3.00. The second kappa shape index (κ2) is 4.70. The summed E-state index contributed by atoms with van der Waals surface area (Å²) in [5.74, 6) is -0.923. The number of nitrogens with zero attached hydrogens (tertiary/aromatic N) is 2. The van der Waals surface area contributed by atoms with E-state index in [1.807, 2.05) is 29.0 Å². The van der Waals surface area contributed by atoms with Crippen molar-refractivity contribution < 1.29 is 9.90 Å². The SMILES string of the molecule is O=C(O)[C@H]1C[C@@H]1c1ccc(Cn2ccnc2)cc1Cl. The number of benzene rings is 1. The second-order valence-electron chi connectivity index (χ2n) is 4.88. The molecule has 0 unspecified atom stereocenters. The van der Waals surface area contributed by atoms with Crippen LogP contribution in [0, 0.1) is 5.92 Å². The summed E-state index contributed by atoms with van der Waals surface area (Å²) in [6.45, 7) is 0.715. The lowest BCUT2D eigenvalue weighted by Gasteiger charge is -2.07. The molecule has 1 aromatic heterocycles. The zero-order valence-corrected chi connectivity index (χ0v) is 10.9. The molecule has 1 aliphatic rings. The largest absolute Gasteiger partial charge is 0.481 e. The van der Waals surface area contributed by atoms with Gasteiger partial charge in [-0.1, -0.05) is 23.7 Å². The van der Waals surface area contributed by atoms with E-state index in [0.717, 1.165) is 11.1 Å². The number of carboxylic acid groups (broad SMARTS) is 1. The third-order valence-corrected chi connectivity index (χ3v) is 3.82. The van der Waals surface area contributed by atoms with Crippen molar-refractivity contribution in [1.29, 1.82) is 0 Å². The highest BCUT2D eigenvalue weighted by molar-refractivity contribution is 6.31. The highest BCUT2D eigenvalue weighted by Gasteiger charge is 2.45. The lowest BCUT2D eigenvalue weighted by molar-refractivity contribution is -0.138. The monoisotopic (exact) mass is 276 g/mol. The molecule has 0 spiro atoms. The molecule has 1 aromatic carbocycles. The highest BCUT2D eigenvalue weighted by Crippen LogP contribution is 2.49. The first kappa shape index (κ1) is 12.2. The molecular weight excluding hydrogens is 264 g/mol. The fourth-order valence-corrected chi connectivity index (χ4v) is 2.72. The Morgan fingerprint density at radius 3 is 2.95 bits per heavy atom. The quantitative estimate of drug-likeness (QED) is 0.934. The van der Waals surface area contributed by atoms with Gasteiger partial charge in [0.2, 0.25) is 0 Å². The molecule has 98 valence electrons. The van der Waals surface area contributed by atoms with Crippen LogP contribution in [0.1, 0.15) is 23.5 Å². The molecule has 1 saturated carbocycles. The zero-order chi connectivity index (χ0) is 13.4. The van der Waals surface area contributed by atoms with Crippen LogP contribution < -0.4 is 0 Å². The fraction of sp³-hybridized carbons (Fsp3) is 0.286. The Hall–Kier alpha value is -1.81. The van der Waals surface area contributed by atoms with E-state index < -0.39 is 5.97 Å². The van der Waals surface area contributed by atoms with Crippen LogP contribution >= 0.6 is 11.6 Å². The van der Waals surface area contributed by atoms with Gasteiger partial charge in [0.15, 0.2) is 0 Å². The van der Waals surface area contributed by atoms with Gasteiger partial charge in [0, 0.05) is 24.0 Å². The molecule has 2 atom stereocenters. The maximum atomic E-state index is 10.9. The van der Waals surface area contributed by atoms with Crippen LogP contribution in [0.3, 0.4) is 0 Å². The third kappa shape index (κ3) is 2.49. The molecule has 1 aliphatic carbocycles. The molecule has 1 fully saturated rings. The number of hydrogen-bond donors (Lipinski definition) is 1. The van der Waals surface area contributed by atoms with E-state index in [1.165, 1.54) is 0 Å². The number of imidazole rings is 1. The number of carboxylic acids is 1. The van der Waals surface area contributed by atoms with Gasteiger partial charge >= 0.3 is 5.97 Å². The summed E-state index contributed by atoms with van der Waals surface area (Å²) in [4.78, 5) is 14.9. The van der Waals surface area contributed by atoms with Gasteiger partial charge in [0.25, 0.3) is 0 Å². The Bertz CT molecular complexity index is 610. The predicted molar refractivity (Wildman–Crippen MR) is 71.3 cm³/mol. The summed E-state index contributed by atoms with van der Waals surface area (Å²) in [7, 11) is 0. The van der Waals surface area contributed by atoms with Crippen molar-refractivity contribution in [2.24, 2.45) is 5.92 Å². The topological polar surface area (TPSA) is 55.1 Å². The van der Waals surface area contributed by atoms with E-state index in [1.54, 1.807) is 12.5 Å². The summed E-state index contributed by atoms with van der Waals surface area (Å²) in [6, 6.07) is 5.86. The van der Waals surface area contributed by atoms with Gasteiger partial charge in [-0.25, -0.2) is 4.98 Å². The molecule has 19 heavy (non-hydrogen) atoms. The van der Waals surface area contributed by atoms with Crippen molar-refractivity contribution >= 4 is 17.6 Å². The Morgan fingerprint density at radius 2 is 2.37 bits per heavy atom. The smallest absolute Gasteiger partial charge is 0.307 e. The first-order valence-corrected chi connectivity index (χ1v) is 6.50. The molecule has 1 heterocycles. The van der Waals surface area contributed by atoms with Crippen molar-refractivity contribution in [2.45, 2.75) is 18.9 Å². The summed E-state index contributed by atoms with van der Waals surface area (Å²) in [5, 5.41) is 9.61. The van der Waals surface area contributed by atoms with Gasteiger partial charge in [-0.05, 0) is 29.5 Å². The fourth-order valence-electron chi connectivity index (χ4n) is 2.37. The van der Waals surface area contributed by atoms with Gasteiger partial charge in [0.1, 0.15) is 0 Å². The maximum Gasteiger partial charge on any atom is 0.307 e. The maximum absolute atomic E-state index is 10.9. The lowest BCUT2D eigenvalue weighted by Crippen LogP contribution is -2.00. The highest BCUT2D eigenvalue weighted by atomic mass is 35.5. The zero-order valence-electron chi connectivity index (χ0n) is 10.2. The van der Waals surface area contributed by atoms with Crippen molar-refractivity contribution in [3.8, 4) is 0 Å². The molecule has 3 rings (SSSR count). The third-order valence-electron chi connectivity index (χ3n) is 3.50. The van der Waals surface area contributed by atoms with Crippen LogP contribution in [0.15, 0.2) is 36.9 Å². The molecule has 0 bridgehead atoms. The van der Waals surface area contributed by atoms with E-state index in [-0.39, 0.29) is 11.8 Å². The molecule has 0 amide bonds. The van der Waals surface area contributed by atoms with E-state index >= 15 is 0 Å². The molecule has 0 aliphatic heterocycles. The first-order valence-electron chi connectivity index (χ1n) is 6.12. The van der Waals surface area contributed by atoms with Crippen LogP contribution in [-0.2, 0) is 11.3 Å². The van der Waals surface area contributed by atoms with E-state index in [0.29, 0.717) is 18.0 Å². The molecule has 0 saturated heterocycles.